The van der Waals surface area contributed by atoms with Gasteiger partial charge in [0.05, 0.1) is 12.2 Å². The second kappa shape index (κ2) is 6.20. The normalized spacial score (nSPS) is 10.3. The van der Waals surface area contributed by atoms with Crippen LogP contribution in [0.3, 0.4) is 0 Å². The Balaban J connectivity index is 1.96. The van der Waals surface area contributed by atoms with Gasteiger partial charge in [-0.15, -0.1) is 0 Å². The maximum Gasteiger partial charge on any atom is 0.0623 e. The molecule has 0 aliphatic heterocycles. The van der Waals surface area contributed by atoms with Gasteiger partial charge in [0.15, 0.2) is 0 Å². The lowest BCUT2D eigenvalue weighted by molar-refractivity contribution is 0.921. The van der Waals surface area contributed by atoms with Crippen LogP contribution in [0, 0.1) is 6.92 Å². The Morgan fingerprint density at radius 3 is 2.56 bits per heavy atom. The highest BCUT2D eigenvalue weighted by Crippen LogP contribution is 2.13. The van der Waals surface area contributed by atoms with Crippen molar-refractivity contribution in [2.45, 2.75) is 33.2 Å². The summed E-state index contributed by atoms with van der Waals surface area (Å²) < 4.78 is 0. The van der Waals surface area contributed by atoms with Gasteiger partial charge in [0.25, 0.3) is 0 Å². The Morgan fingerprint density at radius 1 is 1.11 bits per heavy atom. The fraction of sp³-hybridized carbons (Fsp3) is 0.312. The quantitative estimate of drug-likeness (QED) is 0.855. The van der Waals surface area contributed by atoms with Crippen LogP contribution in [0.1, 0.15) is 30.2 Å². The summed E-state index contributed by atoms with van der Waals surface area (Å²) in [5, 5.41) is 3.41. The minimum absolute atomic E-state index is 0.778. The molecule has 1 heterocycles. The van der Waals surface area contributed by atoms with Crippen molar-refractivity contribution in [3.63, 3.8) is 0 Å². The lowest BCUT2D eigenvalue weighted by atomic mass is 10.1. The zero-order chi connectivity index (χ0) is 12.8. The van der Waals surface area contributed by atoms with Gasteiger partial charge in [0, 0.05) is 11.9 Å². The van der Waals surface area contributed by atoms with Crippen LogP contribution >= 0.6 is 0 Å². The molecular formula is C16H20N2. The summed E-state index contributed by atoms with van der Waals surface area (Å²) in [6, 6.07) is 12.7. The van der Waals surface area contributed by atoms with Gasteiger partial charge in [-0.25, -0.2) is 0 Å². The van der Waals surface area contributed by atoms with E-state index < -0.39 is 0 Å². The molecule has 18 heavy (non-hydrogen) atoms. The molecule has 0 spiro atoms. The Kier molecular flexibility index (Phi) is 4.35. The third-order valence-corrected chi connectivity index (χ3v) is 3.07. The Labute approximate surface area is 109 Å². The van der Waals surface area contributed by atoms with E-state index in [1.165, 1.54) is 17.5 Å². The van der Waals surface area contributed by atoms with E-state index in [0.717, 1.165) is 24.3 Å². The number of hydrogen-bond acceptors (Lipinski definition) is 2. The summed E-state index contributed by atoms with van der Waals surface area (Å²) >= 11 is 0. The van der Waals surface area contributed by atoms with Crippen LogP contribution < -0.4 is 5.32 Å². The molecule has 2 aromatic rings. The Hall–Kier alpha value is -1.83. The largest absolute Gasteiger partial charge is 0.379 e. The third-order valence-electron chi connectivity index (χ3n) is 3.07. The highest BCUT2D eigenvalue weighted by atomic mass is 14.9. The molecule has 1 N–H and O–H groups in total. The predicted octanol–water partition coefficient (Wildman–Crippen LogP) is 3.95. The van der Waals surface area contributed by atoms with Crippen LogP contribution in [-0.2, 0) is 13.0 Å². The van der Waals surface area contributed by atoms with Crippen LogP contribution in [0.15, 0.2) is 42.6 Å². The molecule has 1 aromatic heterocycles. The van der Waals surface area contributed by atoms with Crippen LogP contribution in [0.4, 0.5) is 5.69 Å². The highest BCUT2D eigenvalue weighted by molar-refractivity contribution is 5.45. The summed E-state index contributed by atoms with van der Waals surface area (Å²) in [7, 11) is 0. The molecule has 0 fully saturated rings. The number of pyridine rings is 1. The van der Waals surface area contributed by atoms with Crippen molar-refractivity contribution in [1.29, 1.82) is 0 Å². The van der Waals surface area contributed by atoms with Gasteiger partial charge in [0.2, 0.25) is 0 Å². The third kappa shape index (κ3) is 3.33. The van der Waals surface area contributed by atoms with Crippen molar-refractivity contribution in [3.05, 3.63) is 59.4 Å². The molecule has 2 nitrogen and oxygen atoms in total. The molecule has 0 aliphatic rings. The van der Waals surface area contributed by atoms with Crippen LogP contribution in [0.5, 0.6) is 0 Å². The Bertz CT molecular complexity index is 489. The first kappa shape index (κ1) is 12.6. The van der Waals surface area contributed by atoms with E-state index in [4.69, 9.17) is 0 Å². The predicted molar refractivity (Wildman–Crippen MR) is 76.7 cm³/mol. The maximum absolute atomic E-state index is 4.38. The minimum Gasteiger partial charge on any atom is -0.379 e. The van der Waals surface area contributed by atoms with Gasteiger partial charge in [0.1, 0.15) is 0 Å². The average Bonchev–Trinajstić information content (AvgIpc) is 2.40. The molecule has 0 unspecified atom stereocenters. The first-order valence-electron chi connectivity index (χ1n) is 6.53. The zero-order valence-corrected chi connectivity index (χ0v) is 11.1. The van der Waals surface area contributed by atoms with E-state index in [-0.39, 0.29) is 0 Å². The number of aryl methyl sites for hydroxylation is 2. The molecule has 0 atom stereocenters. The summed E-state index contributed by atoms with van der Waals surface area (Å²) in [5.74, 6) is 0. The number of benzene rings is 1. The fourth-order valence-electron chi connectivity index (χ4n) is 1.97. The lowest BCUT2D eigenvalue weighted by Crippen LogP contribution is -2.03. The molecule has 0 amide bonds. The van der Waals surface area contributed by atoms with E-state index in [2.05, 4.69) is 54.5 Å². The van der Waals surface area contributed by atoms with Crippen molar-refractivity contribution >= 4 is 5.69 Å². The van der Waals surface area contributed by atoms with Crippen molar-refractivity contribution in [1.82, 2.24) is 4.98 Å². The van der Waals surface area contributed by atoms with Gasteiger partial charge in [-0.2, -0.15) is 0 Å². The van der Waals surface area contributed by atoms with Gasteiger partial charge in [-0.1, -0.05) is 31.5 Å². The number of aromatic nitrogens is 1. The number of anilines is 1. The number of hydrogen-bond donors (Lipinski definition) is 1. The van der Waals surface area contributed by atoms with E-state index in [1.54, 1.807) is 0 Å². The molecular weight excluding hydrogens is 220 g/mol. The molecule has 1 aromatic carbocycles. The van der Waals surface area contributed by atoms with Crippen molar-refractivity contribution in [3.8, 4) is 0 Å². The van der Waals surface area contributed by atoms with Crippen molar-refractivity contribution in [2.75, 3.05) is 5.32 Å². The summed E-state index contributed by atoms with van der Waals surface area (Å²) in [5.41, 5.74) is 4.89. The summed E-state index contributed by atoms with van der Waals surface area (Å²) in [6.45, 7) is 5.07. The summed E-state index contributed by atoms with van der Waals surface area (Å²) in [4.78, 5) is 4.38. The molecule has 0 radical (unpaired) electrons. The van der Waals surface area contributed by atoms with Gasteiger partial charge in [-0.3, -0.25) is 4.98 Å². The van der Waals surface area contributed by atoms with Crippen LogP contribution in [0.25, 0.3) is 0 Å². The monoisotopic (exact) mass is 240 g/mol. The van der Waals surface area contributed by atoms with Gasteiger partial charge < -0.3 is 5.32 Å². The molecule has 0 aliphatic carbocycles. The first-order valence-corrected chi connectivity index (χ1v) is 6.53. The standard InChI is InChI=1S/C16H20N2/c1-3-5-14-7-9-15(10-8-14)18-12-16-13(2)6-4-11-17-16/h4,6-11,18H,3,5,12H2,1-2H3. The average molecular weight is 240 g/mol. The number of nitrogens with one attached hydrogen (secondary N) is 1. The van der Waals surface area contributed by atoms with E-state index >= 15 is 0 Å². The van der Waals surface area contributed by atoms with Crippen molar-refractivity contribution in [2.24, 2.45) is 0 Å². The first-order chi connectivity index (χ1) is 8.79. The Morgan fingerprint density at radius 2 is 1.89 bits per heavy atom. The van der Waals surface area contributed by atoms with E-state index in [0.29, 0.717) is 0 Å². The smallest absolute Gasteiger partial charge is 0.0623 e. The van der Waals surface area contributed by atoms with E-state index in [9.17, 15) is 0 Å². The topological polar surface area (TPSA) is 24.9 Å². The molecule has 0 saturated carbocycles. The zero-order valence-electron chi connectivity index (χ0n) is 11.1. The SMILES string of the molecule is CCCc1ccc(NCc2ncccc2C)cc1. The van der Waals surface area contributed by atoms with E-state index in [1.807, 2.05) is 12.3 Å². The highest BCUT2D eigenvalue weighted by Gasteiger charge is 1.99. The number of rotatable bonds is 5. The minimum atomic E-state index is 0.778. The fourth-order valence-corrected chi connectivity index (χ4v) is 1.97. The molecule has 2 rings (SSSR count). The molecule has 0 bridgehead atoms. The second-order valence-corrected chi connectivity index (χ2v) is 4.57. The summed E-state index contributed by atoms with van der Waals surface area (Å²) in [6.07, 6.45) is 4.19. The second-order valence-electron chi connectivity index (χ2n) is 4.57. The number of nitrogens with zero attached hydrogens (tertiary/aromatic N) is 1. The van der Waals surface area contributed by atoms with Crippen LogP contribution in [0.2, 0.25) is 0 Å². The van der Waals surface area contributed by atoms with Crippen molar-refractivity contribution < 1.29 is 0 Å². The van der Waals surface area contributed by atoms with Gasteiger partial charge >= 0.3 is 0 Å². The van der Waals surface area contributed by atoms with Gasteiger partial charge in [-0.05, 0) is 42.7 Å². The molecule has 2 heteroatoms. The molecule has 94 valence electrons. The van der Waals surface area contributed by atoms with Crippen LogP contribution in [-0.4, -0.2) is 4.98 Å². The lowest BCUT2D eigenvalue weighted by Gasteiger charge is -2.08. The molecule has 0 saturated heterocycles. The maximum atomic E-state index is 4.38.